The van der Waals surface area contributed by atoms with Gasteiger partial charge in [-0.2, -0.15) is 0 Å². The van der Waals surface area contributed by atoms with Crippen LogP contribution < -0.4 is 5.73 Å². The minimum absolute atomic E-state index is 0.176. The van der Waals surface area contributed by atoms with E-state index in [4.69, 9.17) is 5.73 Å². The molecule has 1 heterocycles. The van der Waals surface area contributed by atoms with E-state index in [2.05, 4.69) is 0 Å². The Hall–Kier alpha value is -0.610. The highest BCUT2D eigenvalue weighted by molar-refractivity contribution is 5.76. The van der Waals surface area contributed by atoms with Crippen molar-refractivity contribution < 1.29 is 9.90 Å². The third-order valence-electron chi connectivity index (χ3n) is 2.74. The van der Waals surface area contributed by atoms with E-state index in [-0.39, 0.29) is 17.9 Å². The largest absolute Gasteiger partial charge is 0.393 e. The van der Waals surface area contributed by atoms with Crippen molar-refractivity contribution in [1.82, 2.24) is 4.90 Å². The number of rotatable bonds is 3. The molecule has 1 rings (SSSR count). The average Bonchev–Trinajstić information content (AvgIpc) is 2.18. The molecule has 0 spiro atoms. The van der Waals surface area contributed by atoms with Crippen molar-refractivity contribution in [3.63, 3.8) is 0 Å². The Morgan fingerprint density at radius 3 is 2.64 bits per heavy atom. The van der Waals surface area contributed by atoms with Crippen LogP contribution in [0.2, 0.25) is 0 Å². The quantitative estimate of drug-likeness (QED) is 0.671. The van der Waals surface area contributed by atoms with Crippen LogP contribution in [0.25, 0.3) is 0 Å². The van der Waals surface area contributed by atoms with Gasteiger partial charge in [-0.05, 0) is 25.3 Å². The van der Waals surface area contributed by atoms with E-state index in [1.54, 1.807) is 0 Å². The summed E-state index contributed by atoms with van der Waals surface area (Å²) in [6, 6.07) is 0. The molecular weight excluding hydrogens is 180 g/mol. The predicted octanol–water partition coefficient (Wildman–Crippen LogP) is -0.0454. The first kappa shape index (κ1) is 11.5. The van der Waals surface area contributed by atoms with E-state index in [0.717, 1.165) is 0 Å². The maximum Gasteiger partial charge on any atom is 0.222 e. The zero-order valence-electron chi connectivity index (χ0n) is 8.78. The standard InChI is InChI=1S/C10H20N2O2/c1-8(7-11)6-10(14)12-4-2-9(13)3-5-12/h8-9,13H,2-7,11H2,1H3. The first-order chi connectivity index (χ1) is 6.63. The second-order valence-electron chi connectivity index (χ2n) is 4.16. The van der Waals surface area contributed by atoms with Crippen molar-refractivity contribution in [2.45, 2.75) is 32.3 Å². The summed E-state index contributed by atoms with van der Waals surface area (Å²) in [7, 11) is 0. The SMILES string of the molecule is CC(CN)CC(=O)N1CCC(O)CC1. The summed E-state index contributed by atoms with van der Waals surface area (Å²) in [6.07, 6.45) is 1.74. The Balaban J connectivity index is 2.30. The molecule has 0 aromatic carbocycles. The Morgan fingerprint density at radius 2 is 2.14 bits per heavy atom. The molecule has 1 amide bonds. The maximum absolute atomic E-state index is 11.7. The summed E-state index contributed by atoms with van der Waals surface area (Å²) in [5, 5.41) is 9.28. The number of carbonyl (C=O) groups excluding carboxylic acids is 1. The molecule has 1 aliphatic rings. The van der Waals surface area contributed by atoms with Crippen LogP contribution >= 0.6 is 0 Å². The first-order valence-corrected chi connectivity index (χ1v) is 5.29. The molecule has 3 N–H and O–H groups in total. The fourth-order valence-electron chi connectivity index (χ4n) is 1.63. The van der Waals surface area contributed by atoms with Crippen LogP contribution in [-0.4, -0.2) is 41.7 Å². The number of carbonyl (C=O) groups is 1. The molecule has 0 aromatic rings. The monoisotopic (exact) mass is 200 g/mol. The highest BCUT2D eigenvalue weighted by Gasteiger charge is 2.21. The van der Waals surface area contributed by atoms with E-state index < -0.39 is 0 Å². The lowest BCUT2D eigenvalue weighted by molar-refractivity contribution is -0.134. The Kier molecular flexibility index (Phi) is 4.35. The maximum atomic E-state index is 11.7. The highest BCUT2D eigenvalue weighted by Crippen LogP contribution is 2.12. The summed E-state index contributed by atoms with van der Waals surface area (Å²) < 4.78 is 0. The number of hydrogen-bond acceptors (Lipinski definition) is 3. The van der Waals surface area contributed by atoms with Gasteiger partial charge in [0.1, 0.15) is 0 Å². The van der Waals surface area contributed by atoms with Gasteiger partial charge in [-0.25, -0.2) is 0 Å². The molecule has 0 saturated carbocycles. The van der Waals surface area contributed by atoms with Gasteiger partial charge >= 0.3 is 0 Å². The second-order valence-corrected chi connectivity index (χ2v) is 4.16. The lowest BCUT2D eigenvalue weighted by atomic mass is 10.0. The number of aliphatic hydroxyl groups excluding tert-OH is 1. The van der Waals surface area contributed by atoms with Gasteiger partial charge < -0.3 is 15.7 Å². The molecule has 4 nitrogen and oxygen atoms in total. The van der Waals surface area contributed by atoms with Gasteiger partial charge in [0.25, 0.3) is 0 Å². The van der Waals surface area contributed by atoms with Gasteiger partial charge in [0.05, 0.1) is 6.10 Å². The van der Waals surface area contributed by atoms with Crippen LogP contribution in [0, 0.1) is 5.92 Å². The summed E-state index contributed by atoms with van der Waals surface area (Å²) in [5.41, 5.74) is 5.46. The minimum atomic E-state index is -0.217. The van der Waals surface area contributed by atoms with Crippen molar-refractivity contribution in [1.29, 1.82) is 0 Å². The molecule has 1 unspecified atom stereocenters. The molecule has 0 aromatic heterocycles. The van der Waals surface area contributed by atoms with E-state index in [9.17, 15) is 9.90 Å². The van der Waals surface area contributed by atoms with Crippen LogP contribution in [0.15, 0.2) is 0 Å². The zero-order valence-corrected chi connectivity index (χ0v) is 8.78. The molecule has 0 aliphatic carbocycles. The predicted molar refractivity (Wildman–Crippen MR) is 54.7 cm³/mol. The summed E-state index contributed by atoms with van der Waals surface area (Å²) >= 11 is 0. The van der Waals surface area contributed by atoms with Gasteiger partial charge in [-0.3, -0.25) is 4.79 Å². The van der Waals surface area contributed by atoms with Crippen molar-refractivity contribution in [2.24, 2.45) is 11.7 Å². The lowest BCUT2D eigenvalue weighted by Gasteiger charge is -2.30. The van der Waals surface area contributed by atoms with Crippen LogP contribution in [0.5, 0.6) is 0 Å². The number of likely N-dealkylation sites (tertiary alicyclic amines) is 1. The van der Waals surface area contributed by atoms with Gasteiger partial charge in [0.2, 0.25) is 5.91 Å². The number of nitrogens with two attached hydrogens (primary N) is 1. The molecule has 82 valence electrons. The van der Waals surface area contributed by atoms with Crippen LogP contribution in [0.1, 0.15) is 26.2 Å². The molecule has 0 bridgehead atoms. The minimum Gasteiger partial charge on any atom is -0.393 e. The number of amides is 1. The van der Waals surface area contributed by atoms with Crippen LogP contribution in [0.4, 0.5) is 0 Å². The third kappa shape index (κ3) is 3.27. The van der Waals surface area contributed by atoms with Crippen molar-refractivity contribution in [3.05, 3.63) is 0 Å². The van der Waals surface area contributed by atoms with Crippen LogP contribution in [0.3, 0.4) is 0 Å². The summed E-state index contributed by atoms with van der Waals surface area (Å²) in [5.74, 6) is 0.434. The van der Waals surface area contributed by atoms with Gasteiger partial charge in [0.15, 0.2) is 0 Å². The number of nitrogens with zero attached hydrogens (tertiary/aromatic N) is 1. The molecule has 14 heavy (non-hydrogen) atoms. The third-order valence-corrected chi connectivity index (χ3v) is 2.74. The smallest absolute Gasteiger partial charge is 0.222 e. The van der Waals surface area contributed by atoms with Gasteiger partial charge in [-0.15, -0.1) is 0 Å². The average molecular weight is 200 g/mol. The van der Waals surface area contributed by atoms with Crippen molar-refractivity contribution in [2.75, 3.05) is 19.6 Å². The first-order valence-electron chi connectivity index (χ1n) is 5.29. The molecule has 1 saturated heterocycles. The van der Waals surface area contributed by atoms with Crippen molar-refractivity contribution in [3.8, 4) is 0 Å². The molecule has 4 heteroatoms. The number of hydrogen-bond donors (Lipinski definition) is 2. The fourth-order valence-corrected chi connectivity index (χ4v) is 1.63. The van der Waals surface area contributed by atoms with Gasteiger partial charge in [-0.1, -0.05) is 6.92 Å². The highest BCUT2D eigenvalue weighted by atomic mass is 16.3. The zero-order chi connectivity index (χ0) is 10.6. The topological polar surface area (TPSA) is 66.6 Å². The lowest BCUT2D eigenvalue weighted by Crippen LogP contribution is -2.40. The fraction of sp³-hybridized carbons (Fsp3) is 0.900. The summed E-state index contributed by atoms with van der Waals surface area (Å²) in [6.45, 7) is 3.92. The molecule has 0 radical (unpaired) electrons. The van der Waals surface area contributed by atoms with E-state index >= 15 is 0 Å². The second kappa shape index (κ2) is 5.32. The Bertz CT molecular complexity index is 189. The van der Waals surface area contributed by atoms with Crippen molar-refractivity contribution >= 4 is 5.91 Å². The molecular formula is C10H20N2O2. The number of aliphatic hydroxyl groups is 1. The van der Waals surface area contributed by atoms with E-state index in [0.29, 0.717) is 38.9 Å². The Morgan fingerprint density at radius 1 is 1.57 bits per heavy atom. The molecule has 1 fully saturated rings. The molecule has 1 atom stereocenters. The van der Waals surface area contributed by atoms with Crippen LogP contribution in [-0.2, 0) is 4.79 Å². The normalized spacial score (nSPS) is 20.9. The molecule has 1 aliphatic heterocycles. The number of piperidine rings is 1. The van der Waals surface area contributed by atoms with Gasteiger partial charge in [0, 0.05) is 19.5 Å². The Labute approximate surface area is 85.1 Å². The van der Waals surface area contributed by atoms with E-state index in [1.807, 2.05) is 11.8 Å². The summed E-state index contributed by atoms with van der Waals surface area (Å²) in [4.78, 5) is 13.5. The van der Waals surface area contributed by atoms with E-state index in [1.165, 1.54) is 0 Å².